The lowest BCUT2D eigenvalue weighted by Crippen LogP contribution is -2.02. The number of aliphatic hydroxyl groups excluding tert-OH is 1. The number of nitrogens with one attached hydrogen (secondary N) is 1. The molecule has 2 rings (SSSR count). The Hall–Kier alpha value is -0.610. The Morgan fingerprint density at radius 2 is 2.50 bits per heavy atom. The molecule has 1 aromatic heterocycles. The van der Waals surface area contributed by atoms with Gasteiger partial charge in [-0.25, -0.2) is 0 Å². The van der Waals surface area contributed by atoms with Crippen LogP contribution in [0.4, 0.5) is 0 Å². The Morgan fingerprint density at radius 3 is 3.14 bits per heavy atom. The number of hydrogen-bond acceptors (Lipinski definition) is 2. The third kappa shape index (κ3) is 1.64. The van der Waals surface area contributed by atoms with Gasteiger partial charge >= 0.3 is 0 Å². The second-order valence-corrected chi connectivity index (χ2v) is 4.35. The van der Waals surface area contributed by atoms with Gasteiger partial charge in [-0.15, -0.1) is 0 Å². The van der Waals surface area contributed by atoms with Gasteiger partial charge in [0, 0.05) is 12.2 Å². The Balaban J connectivity index is 2.17. The third-order valence-electron chi connectivity index (χ3n) is 2.93. The molecule has 1 aromatic rings. The van der Waals surface area contributed by atoms with E-state index in [1.807, 2.05) is 6.20 Å². The second-order valence-electron chi connectivity index (χ2n) is 3.97. The Morgan fingerprint density at radius 1 is 1.71 bits per heavy atom. The van der Waals surface area contributed by atoms with Crippen molar-refractivity contribution in [2.45, 2.75) is 38.8 Å². The number of aromatic nitrogens is 2. The van der Waals surface area contributed by atoms with Gasteiger partial charge in [0.2, 0.25) is 0 Å². The smallest absolute Gasteiger partial charge is 0.177 e. The van der Waals surface area contributed by atoms with E-state index in [2.05, 4.69) is 16.5 Å². The van der Waals surface area contributed by atoms with E-state index in [1.54, 1.807) is 0 Å². The van der Waals surface area contributed by atoms with E-state index in [-0.39, 0.29) is 6.61 Å². The number of imidazole rings is 1. The first kappa shape index (κ1) is 9.93. The molecular weight excluding hydrogens is 196 g/mol. The van der Waals surface area contributed by atoms with Crippen LogP contribution in [0.1, 0.15) is 37.9 Å². The molecular formula is C10H16N2OS. The van der Waals surface area contributed by atoms with Gasteiger partial charge < -0.3 is 14.7 Å². The van der Waals surface area contributed by atoms with E-state index in [1.165, 1.54) is 19.3 Å². The van der Waals surface area contributed by atoms with E-state index in [9.17, 15) is 0 Å². The standard InChI is InChI=1S/C10H16N2OS/c1-2-3-7-4-9(7)12-8(6-13)5-11-10(12)14/h5,7,9,13H,2-4,6H2,1H3,(H,11,14). The molecule has 0 saturated heterocycles. The molecule has 2 N–H and O–H groups in total. The molecule has 2 atom stereocenters. The lowest BCUT2D eigenvalue weighted by Gasteiger charge is -2.04. The van der Waals surface area contributed by atoms with Gasteiger partial charge in [-0.3, -0.25) is 0 Å². The Labute approximate surface area is 88.8 Å². The molecule has 4 heteroatoms. The molecule has 1 aliphatic carbocycles. The van der Waals surface area contributed by atoms with Crippen molar-refractivity contribution in [3.8, 4) is 0 Å². The first-order valence-corrected chi connectivity index (χ1v) is 5.58. The Bertz CT molecular complexity index is 368. The van der Waals surface area contributed by atoms with Gasteiger partial charge in [-0.05, 0) is 31.0 Å². The van der Waals surface area contributed by atoms with Gasteiger partial charge in [0.15, 0.2) is 4.77 Å². The van der Waals surface area contributed by atoms with Gasteiger partial charge in [-0.2, -0.15) is 0 Å². The fraction of sp³-hybridized carbons (Fsp3) is 0.700. The van der Waals surface area contributed by atoms with Crippen LogP contribution in [0.3, 0.4) is 0 Å². The van der Waals surface area contributed by atoms with Gasteiger partial charge in [-0.1, -0.05) is 13.3 Å². The van der Waals surface area contributed by atoms with E-state index in [4.69, 9.17) is 17.3 Å². The maximum atomic E-state index is 9.14. The van der Waals surface area contributed by atoms with Crippen molar-refractivity contribution < 1.29 is 5.11 Å². The molecule has 0 aliphatic heterocycles. The molecule has 0 bridgehead atoms. The van der Waals surface area contributed by atoms with Gasteiger partial charge in [0.05, 0.1) is 12.3 Å². The largest absolute Gasteiger partial charge is 0.390 e. The first-order valence-electron chi connectivity index (χ1n) is 5.17. The van der Waals surface area contributed by atoms with Crippen LogP contribution in [0.5, 0.6) is 0 Å². The van der Waals surface area contributed by atoms with Crippen molar-refractivity contribution in [1.29, 1.82) is 0 Å². The molecule has 2 unspecified atom stereocenters. The molecule has 0 spiro atoms. The zero-order valence-corrected chi connectivity index (χ0v) is 9.18. The van der Waals surface area contributed by atoms with Crippen LogP contribution in [0.15, 0.2) is 6.20 Å². The molecule has 1 aliphatic rings. The van der Waals surface area contributed by atoms with Crippen molar-refractivity contribution >= 4 is 12.2 Å². The minimum absolute atomic E-state index is 0.0719. The summed E-state index contributed by atoms with van der Waals surface area (Å²) in [6.45, 7) is 2.28. The topological polar surface area (TPSA) is 41.0 Å². The van der Waals surface area contributed by atoms with E-state index >= 15 is 0 Å². The minimum Gasteiger partial charge on any atom is -0.390 e. The van der Waals surface area contributed by atoms with E-state index in [0.29, 0.717) is 6.04 Å². The molecule has 0 amide bonds. The highest BCUT2D eigenvalue weighted by atomic mass is 32.1. The number of aliphatic hydroxyl groups is 1. The maximum Gasteiger partial charge on any atom is 0.177 e. The molecule has 1 saturated carbocycles. The van der Waals surface area contributed by atoms with Crippen molar-refractivity contribution in [2.75, 3.05) is 0 Å². The summed E-state index contributed by atoms with van der Waals surface area (Å²) in [7, 11) is 0. The molecule has 0 radical (unpaired) electrons. The number of hydrogen-bond donors (Lipinski definition) is 2. The number of rotatable bonds is 4. The lowest BCUT2D eigenvalue weighted by molar-refractivity contribution is 0.269. The van der Waals surface area contributed by atoms with Gasteiger partial charge in [0.1, 0.15) is 0 Å². The predicted molar refractivity (Wildman–Crippen MR) is 57.6 cm³/mol. The van der Waals surface area contributed by atoms with Crippen LogP contribution in [-0.4, -0.2) is 14.7 Å². The van der Waals surface area contributed by atoms with Crippen LogP contribution >= 0.6 is 12.2 Å². The highest BCUT2D eigenvalue weighted by molar-refractivity contribution is 7.71. The molecule has 14 heavy (non-hydrogen) atoms. The van der Waals surface area contributed by atoms with Crippen molar-refractivity contribution in [2.24, 2.45) is 5.92 Å². The fourth-order valence-electron chi connectivity index (χ4n) is 2.13. The van der Waals surface area contributed by atoms with E-state index < -0.39 is 0 Å². The SMILES string of the molecule is CCCC1CC1n1c(CO)c[nH]c1=S. The molecule has 0 aromatic carbocycles. The quantitative estimate of drug-likeness (QED) is 0.752. The molecule has 3 nitrogen and oxygen atoms in total. The monoisotopic (exact) mass is 212 g/mol. The third-order valence-corrected chi connectivity index (χ3v) is 3.24. The summed E-state index contributed by atoms with van der Waals surface area (Å²) in [4.78, 5) is 2.99. The zero-order chi connectivity index (χ0) is 10.1. The van der Waals surface area contributed by atoms with Crippen molar-refractivity contribution in [3.63, 3.8) is 0 Å². The lowest BCUT2D eigenvalue weighted by atomic mass is 10.2. The Kier molecular flexibility index (Phi) is 2.74. The summed E-state index contributed by atoms with van der Waals surface area (Å²) in [6.07, 6.45) is 5.52. The second kappa shape index (κ2) is 3.87. The molecule has 1 fully saturated rings. The van der Waals surface area contributed by atoms with Crippen LogP contribution < -0.4 is 0 Å². The van der Waals surface area contributed by atoms with Crippen molar-refractivity contribution in [1.82, 2.24) is 9.55 Å². The van der Waals surface area contributed by atoms with Crippen LogP contribution in [0, 0.1) is 10.7 Å². The number of nitrogens with zero attached hydrogens (tertiary/aromatic N) is 1. The minimum atomic E-state index is 0.0719. The molecule has 78 valence electrons. The van der Waals surface area contributed by atoms with E-state index in [0.717, 1.165) is 16.4 Å². The number of aromatic amines is 1. The van der Waals surface area contributed by atoms with Crippen LogP contribution in [0.2, 0.25) is 0 Å². The van der Waals surface area contributed by atoms with Crippen molar-refractivity contribution in [3.05, 3.63) is 16.7 Å². The summed E-state index contributed by atoms with van der Waals surface area (Å²) in [5, 5.41) is 9.14. The predicted octanol–water partition coefficient (Wildman–Crippen LogP) is 2.40. The normalized spacial score (nSPS) is 25.3. The van der Waals surface area contributed by atoms with Gasteiger partial charge in [0.25, 0.3) is 0 Å². The fourth-order valence-corrected chi connectivity index (χ4v) is 2.44. The average molecular weight is 212 g/mol. The van der Waals surface area contributed by atoms with Crippen LogP contribution in [-0.2, 0) is 6.61 Å². The first-order chi connectivity index (χ1) is 6.77. The summed E-state index contributed by atoms with van der Waals surface area (Å²) in [6, 6.07) is 0.538. The highest BCUT2D eigenvalue weighted by Gasteiger charge is 2.38. The molecule has 1 heterocycles. The summed E-state index contributed by atoms with van der Waals surface area (Å²) in [5.74, 6) is 0.771. The summed E-state index contributed by atoms with van der Waals surface area (Å²) < 4.78 is 2.83. The summed E-state index contributed by atoms with van der Waals surface area (Å²) >= 11 is 5.19. The maximum absolute atomic E-state index is 9.14. The number of H-pyrrole nitrogens is 1. The van der Waals surface area contributed by atoms with Crippen LogP contribution in [0.25, 0.3) is 0 Å². The zero-order valence-electron chi connectivity index (χ0n) is 8.36. The summed E-state index contributed by atoms with van der Waals surface area (Å²) in [5.41, 5.74) is 0.915. The average Bonchev–Trinajstić information content (AvgIpc) is 2.82. The highest BCUT2D eigenvalue weighted by Crippen LogP contribution is 2.47.